The highest BCUT2D eigenvalue weighted by atomic mass is 16.5. The van der Waals surface area contributed by atoms with Gasteiger partial charge in [0.2, 0.25) is 6.35 Å². The smallest absolute Gasteiger partial charge is 0.225 e. The average Bonchev–Trinajstić information content (AvgIpc) is 2.49. The second-order valence-electron chi connectivity index (χ2n) is 4.64. The summed E-state index contributed by atoms with van der Waals surface area (Å²) in [7, 11) is 0. The normalized spacial score (nSPS) is 17.9. The largest absolute Gasteiger partial charge is 0.359 e. The fourth-order valence-corrected chi connectivity index (χ4v) is 1.63. The summed E-state index contributed by atoms with van der Waals surface area (Å²) in [6.45, 7) is 4.08. The Labute approximate surface area is 123 Å². The lowest BCUT2D eigenvalue weighted by atomic mass is 10.3. The van der Waals surface area contributed by atoms with Crippen molar-refractivity contribution < 1.29 is 4.74 Å². The summed E-state index contributed by atoms with van der Waals surface area (Å²) in [5, 5.41) is 9.46. The number of nitrogens with zero attached hydrogens (tertiary/aromatic N) is 3. The first-order chi connectivity index (χ1) is 10.2. The molecule has 1 aromatic heterocycles. The number of pyridine rings is 1. The first-order valence-electron chi connectivity index (χ1n) is 6.49. The predicted octanol–water partition coefficient (Wildman–Crippen LogP) is 2.55. The molecule has 1 aromatic rings. The van der Waals surface area contributed by atoms with Gasteiger partial charge in [-0.05, 0) is 31.1 Å². The van der Waals surface area contributed by atoms with Crippen molar-refractivity contribution in [1.82, 2.24) is 10.3 Å². The van der Waals surface area contributed by atoms with Gasteiger partial charge in [-0.2, -0.15) is 5.11 Å². The number of nitrogens with one attached hydrogen (secondary N) is 3. The predicted molar refractivity (Wildman–Crippen MR) is 81.0 cm³/mol. The van der Waals surface area contributed by atoms with Crippen LogP contribution in [0.15, 0.2) is 52.2 Å². The molecule has 7 heteroatoms. The summed E-state index contributed by atoms with van der Waals surface area (Å²) < 4.78 is 5.51. The van der Waals surface area contributed by atoms with Crippen molar-refractivity contribution >= 4 is 11.9 Å². The van der Waals surface area contributed by atoms with Crippen LogP contribution in [0.4, 0.5) is 5.69 Å². The van der Waals surface area contributed by atoms with Crippen LogP contribution in [0.25, 0.3) is 0 Å². The van der Waals surface area contributed by atoms with Crippen LogP contribution in [0, 0.1) is 12.5 Å². The van der Waals surface area contributed by atoms with Crippen molar-refractivity contribution in [3.05, 3.63) is 47.7 Å². The van der Waals surface area contributed by atoms with Gasteiger partial charge in [-0.15, -0.1) is 0 Å². The zero-order valence-corrected chi connectivity index (χ0v) is 12.0. The molecule has 0 radical (unpaired) electrons. The molecule has 0 aliphatic carbocycles. The van der Waals surface area contributed by atoms with Crippen molar-refractivity contribution in [2.45, 2.75) is 20.2 Å². The molecule has 0 saturated carbocycles. The maximum Gasteiger partial charge on any atom is 0.225 e. The Kier molecular flexibility index (Phi) is 5.16. The van der Waals surface area contributed by atoms with Crippen LogP contribution in [0.3, 0.4) is 0 Å². The van der Waals surface area contributed by atoms with Crippen LogP contribution < -0.4 is 10.6 Å². The number of anilines is 1. The molecule has 0 bridgehead atoms. The summed E-state index contributed by atoms with van der Waals surface area (Å²) in [6.07, 6.45) is 8.22. The lowest BCUT2D eigenvalue weighted by Gasteiger charge is -2.17. The summed E-state index contributed by atoms with van der Waals surface area (Å²) in [5.41, 5.74) is 10.5. The Balaban J connectivity index is 1.86. The van der Waals surface area contributed by atoms with Gasteiger partial charge in [0.05, 0.1) is 18.5 Å². The molecule has 110 valence electrons. The maximum atomic E-state index is 7.17. The monoisotopic (exact) mass is 286 g/mol. The van der Waals surface area contributed by atoms with Crippen LogP contribution in [-0.2, 0) is 4.74 Å². The quantitative estimate of drug-likeness (QED) is 0.700. The third-order valence-electron chi connectivity index (χ3n) is 2.68. The van der Waals surface area contributed by atoms with E-state index in [1.54, 1.807) is 24.8 Å². The third kappa shape index (κ3) is 4.81. The lowest BCUT2D eigenvalue weighted by molar-refractivity contribution is 0.0599. The molecule has 0 amide bonds. The number of hydrogen-bond acceptors (Lipinski definition) is 7. The Hall–Kier alpha value is -2.54. The van der Waals surface area contributed by atoms with Crippen LogP contribution in [0.2, 0.25) is 0 Å². The van der Waals surface area contributed by atoms with Gasteiger partial charge in [0.25, 0.3) is 0 Å². The van der Waals surface area contributed by atoms with Crippen molar-refractivity contribution in [2.24, 2.45) is 10.1 Å². The second kappa shape index (κ2) is 7.30. The number of aryl methyl sites for hydroxylation is 1. The Bertz CT molecular complexity index is 593. The molecule has 0 spiro atoms. The molecule has 1 aliphatic heterocycles. The summed E-state index contributed by atoms with van der Waals surface area (Å²) in [6, 6.07) is 1.95. The van der Waals surface area contributed by atoms with E-state index in [0.717, 1.165) is 16.8 Å². The highest BCUT2D eigenvalue weighted by Gasteiger charge is 2.08. The van der Waals surface area contributed by atoms with E-state index in [4.69, 9.17) is 10.3 Å². The Morgan fingerprint density at radius 3 is 3.05 bits per heavy atom. The lowest BCUT2D eigenvalue weighted by Crippen LogP contribution is -2.29. The fraction of sp³-hybridized carbons (Fsp3) is 0.286. The zero-order chi connectivity index (χ0) is 15.1. The molecule has 2 heterocycles. The van der Waals surface area contributed by atoms with Gasteiger partial charge in [-0.25, -0.2) is 10.5 Å². The number of rotatable bonds is 6. The van der Waals surface area contributed by atoms with E-state index in [9.17, 15) is 0 Å². The molecule has 0 aromatic carbocycles. The zero-order valence-electron chi connectivity index (χ0n) is 12.0. The van der Waals surface area contributed by atoms with E-state index >= 15 is 0 Å². The minimum Gasteiger partial charge on any atom is -0.359 e. The number of allylic oxidation sites excluding steroid dienone is 1. The number of aromatic nitrogens is 1. The third-order valence-corrected chi connectivity index (χ3v) is 2.68. The van der Waals surface area contributed by atoms with E-state index in [0.29, 0.717) is 5.70 Å². The molecule has 3 N–H and O–H groups in total. The van der Waals surface area contributed by atoms with Crippen molar-refractivity contribution in [1.29, 1.82) is 5.53 Å². The van der Waals surface area contributed by atoms with E-state index in [1.165, 1.54) is 0 Å². The summed E-state index contributed by atoms with van der Waals surface area (Å²) in [4.78, 5) is 8.24. The maximum absolute atomic E-state index is 7.17. The molecule has 1 unspecified atom stereocenters. The second-order valence-corrected chi connectivity index (χ2v) is 4.64. The molecule has 0 fully saturated rings. The number of aliphatic imine (C=N–C) groups is 1. The topological polar surface area (TPSA) is 94.8 Å². The summed E-state index contributed by atoms with van der Waals surface area (Å²) >= 11 is 0. The van der Waals surface area contributed by atoms with Crippen LogP contribution in [0.1, 0.15) is 12.5 Å². The van der Waals surface area contributed by atoms with Gasteiger partial charge in [0, 0.05) is 24.8 Å². The van der Waals surface area contributed by atoms with Gasteiger partial charge in [-0.1, -0.05) is 0 Å². The fourth-order valence-electron chi connectivity index (χ4n) is 1.63. The average molecular weight is 286 g/mol. The Morgan fingerprint density at radius 1 is 1.52 bits per heavy atom. The highest BCUT2D eigenvalue weighted by molar-refractivity contribution is 5.78. The minimum absolute atomic E-state index is 0.178. The molecule has 21 heavy (non-hydrogen) atoms. The first kappa shape index (κ1) is 14.9. The SMILES string of the molecule is CC1=CNC(OC/C(=C/Nc2cncc(C)c2)N=N)N=C1. The number of ether oxygens (including phenoxy) is 1. The molecule has 1 aliphatic rings. The molecular formula is C14H18N6O. The molecular weight excluding hydrogens is 268 g/mol. The van der Waals surface area contributed by atoms with Gasteiger partial charge in [0.1, 0.15) is 5.70 Å². The number of hydrogen-bond donors (Lipinski definition) is 3. The van der Waals surface area contributed by atoms with Crippen LogP contribution in [-0.4, -0.2) is 24.2 Å². The van der Waals surface area contributed by atoms with Gasteiger partial charge >= 0.3 is 0 Å². The van der Waals surface area contributed by atoms with E-state index in [-0.39, 0.29) is 6.61 Å². The van der Waals surface area contributed by atoms with Crippen LogP contribution >= 0.6 is 0 Å². The van der Waals surface area contributed by atoms with Crippen LogP contribution in [0.5, 0.6) is 0 Å². The van der Waals surface area contributed by atoms with E-state index in [1.807, 2.05) is 26.1 Å². The van der Waals surface area contributed by atoms with Gasteiger partial charge < -0.3 is 15.4 Å². The Morgan fingerprint density at radius 2 is 2.38 bits per heavy atom. The molecule has 2 rings (SSSR count). The van der Waals surface area contributed by atoms with Gasteiger partial charge in [-0.3, -0.25) is 4.98 Å². The van der Waals surface area contributed by atoms with E-state index in [2.05, 4.69) is 25.7 Å². The van der Waals surface area contributed by atoms with Crippen molar-refractivity contribution in [3.8, 4) is 0 Å². The highest BCUT2D eigenvalue weighted by Crippen LogP contribution is 2.09. The standard InChI is InChI=1S/C14H18N6O/c1-10-3-12(7-16-4-10)17-8-13(20-15)9-21-14-18-5-11(2)6-19-14/h3-8,14-15,17-18H,9H2,1-2H3/b13-8-,20-15?. The van der Waals surface area contributed by atoms with Crippen molar-refractivity contribution in [2.75, 3.05) is 11.9 Å². The van der Waals surface area contributed by atoms with Crippen molar-refractivity contribution in [3.63, 3.8) is 0 Å². The molecule has 0 saturated heterocycles. The van der Waals surface area contributed by atoms with E-state index < -0.39 is 6.35 Å². The minimum atomic E-state index is -0.445. The molecule has 7 nitrogen and oxygen atoms in total. The van der Waals surface area contributed by atoms with Gasteiger partial charge in [0.15, 0.2) is 0 Å². The summed E-state index contributed by atoms with van der Waals surface area (Å²) in [5.74, 6) is 0. The molecule has 1 atom stereocenters. The first-order valence-corrected chi connectivity index (χ1v) is 6.49.